The summed E-state index contributed by atoms with van der Waals surface area (Å²) in [6, 6.07) is 10.3. The monoisotopic (exact) mass is 355 g/mol. The van der Waals surface area contributed by atoms with Crippen molar-refractivity contribution in [2.45, 2.75) is 36.4 Å². The molecule has 0 spiro atoms. The fourth-order valence-electron chi connectivity index (χ4n) is 2.48. The highest BCUT2D eigenvalue weighted by molar-refractivity contribution is 8.00. The molecule has 0 saturated heterocycles. The van der Waals surface area contributed by atoms with Gasteiger partial charge in [-0.2, -0.15) is 18.3 Å². The Balaban J connectivity index is 1.86. The van der Waals surface area contributed by atoms with Gasteiger partial charge in [0.15, 0.2) is 5.69 Å². The molecule has 0 aliphatic heterocycles. The molecule has 0 unspecified atom stereocenters. The molecule has 2 aromatic rings. The first-order chi connectivity index (χ1) is 11.5. The molecule has 1 saturated carbocycles. The average molecular weight is 355 g/mol. The first kappa shape index (κ1) is 16.9. The van der Waals surface area contributed by atoms with Gasteiger partial charge in [-0.1, -0.05) is 23.4 Å². The highest BCUT2D eigenvalue weighted by Crippen LogP contribution is 2.36. The third-order valence-corrected chi connectivity index (χ3v) is 5.01. The molecule has 1 aliphatic rings. The van der Waals surface area contributed by atoms with Crippen LogP contribution in [0.25, 0.3) is 0 Å². The molecule has 3 rings (SSSR count). The van der Waals surface area contributed by atoms with Crippen LogP contribution in [0.4, 0.5) is 13.2 Å². The maximum absolute atomic E-state index is 13.0. The zero-order valence-electron chi connectivity index (χ0n) is 12.7. The van der Waals surface area contributed by atoms with E-state index < -0.39 is 11.9 Å². The highest BCUT2D eigenvalue weighted by atomic mass is 32.2. The number of halogens is 3. The van der Waals surface area contributed by atoms with Crippen molar-refractivity contribution in [1.82, 2.24) is 9.78 Å². The summed E-state index contributed by atoms with van der Waals surface area (Å²) in [7, 11) is 0. The lowest BCUT2D eigenvalue weighted by Crippen LogP contribution is -2.23. The van der Waals surface area contributed by atoms with Gasteiger partial charge in [0.2, 0.25) is 0 Å². The van der Waals surface area contributed by atoms with Crippen molar-refractivity contribution in [3.05, 3.63) is 47.8 Å². The zero-order chi connectivity index (χ0) is 17.2. The molecule has 0 bridgehead atoms. The van der Waals surface area contributed by atoms with Gasteiger partial charge in [-0.15, -0.1) is 11.8 Å². The van der Waals surface area contributed by atoms with E-state index in [-0.39, 0.29) is 23.2 Å². The minimum Gasteiger partial charge on any atom is -0.411 e. The fourth-order valence-corrected chi connectivity index (χ4v) is 3.34. The second kappa shape index (κ2) is 6.88. The van der Waals surface area contributed by atoms with Gasteiger partial charge in [-0.25, -0.2) is 0 Å². The molecule has 1 aromatic heterocycles. The number of hydrogen-bond acceptors (Lipinski definition) is 4. The van der Waals surface area contributed by atoms with E-state index in [1.807, 2.05) is 30.3 Å². The Bertz CT molecular complexity index is 724. The van der Waals surface area contributed by atoms with E-state index in [1.165, 1.54) is 16.4 Å². The molecule has 0 amide bonds. The Morgan fingerprint density at radius 1 is 1.29 bits per heavy atom. The molecule has 1 N–H and O–H groups in total. The molecule has 1 aliphatic carbocycles. The maximum Gasteiger partial charge on any atom is 0.435 e. The third kappa shape index (κ3) is 3.58. The summed E-state index contributed by atoms with van der Waals surface area (Å²) in [6.45, 7) is 0. The molecule has 24 heavy (non-hydrogen) atoms. The van der Waals surface area contributed by atoms with Crippen LogP contribution < -0.4 is 0 Å². The molecular weight excluding hydrogens is 339 g/mol. The van der Waals surface area contributed by atoms with Gasteiger partial charge in [-0.3, -0.25) is 4.68 Å². The molecule has 4 nitrogen and oxygen atoms in total. The summed E-state index contributed by atoms with van der Waals surface area (Å²) in [6.07, 6.45) is -1.97. The average Bonchev–Trinajstić information content (AvgIpc) is 2.92. The predicted octanol–water partition coefficient (Wildman–Crippen LogP) is 4.60. The number of benzene rings is 1. The quantitative estimate of drug-likeness (QED) is 0.369. The predicted molar refractivity (Wildman–Crippen MR) is 85.6 cm³/mol. The van der Waals surface area contributed by atoms with E-state index in [0.29, 0.717) is 0 Å². The minimum atomic E-state index is -4.52. The van der Waals surface area contributed by atoms with Crippen molar-refractivity contribution < 1.29 is 18.4 Å². The van der Waals surface area contributed by atoms with Gasteiger partial charge < -0.3 is 5.21 Å². The van der Waals surface area contributed by atoms with Crippen LogP contribution in [0.1, 0.15) is 36.7 Å². The smallest absolute Gasteiger partial charge is 0.411 e. The third-order valence-electron chi connectivity index (χ3n) is 3.98. The molecule has 8 heteroatoms. The van der Waals surface area contributed by atoms with E-state index in [1.54, 1.807) is 0 Å². The zero-order valence-corrected chi connectivity index (χ0v) is 13.5. The summed E-state index contributed by atoms with van der Waals surface area (Å²) in [5.41, 5.74) is -0.521. The number of nitrogens with zero attached hydrogens (tertiary/aromatic N) is 3. The normalized spacial score (nSPS) is 16.2. The van der Waals surface area contributed by atoms with Crippen molar-refractivity contribution in [3.8, 4) is 0 Å². The standard InChI is InChI=1S/C16H16F3N3OS/c17-16(18,19)15-9-14(22(20-15)11-5-4-6-11)13(21-23)10-24-12-7-2-1-3-8-12/h1-3,7-9,11,23H,4-6,10H2/b21-13-. The van der Waals surface area contributed by atoms with Crippen LogP contribution in [0, 0.1) is 0 Å². The topological polar surface area (TPSA) is 50.4 Å². The first-order valence-electron chi connectivity index (χ1n) is 7.55. The van der Waals surface area contributed by atoms with E-state index in [0.717, 1.165) is 30.2 Å². The summed E-state index contributed by atoms with van der Waals surface area (Å²) < 4.78 is 40.4. The van der Waals surface area contributed by atoms with Gasteiger partial charge in [0, 0.05) is 10.6 Å². The Hall–Kier alpha value is -1.96. The summed E-state index contributed by atoms with van der Waals surface area (Å²) in [4.78, 5) is 0.949. The van der Waals surface area contributed by atoms with Gasteiger partial charge >= 0.3 is 6.18 Å². The van der Waals surface area contributed by atoms with Crippen molar-refractivity contribution in [1.29, 1.82) is 0 Å². The van der Waals surface area contributed by atoms with E-state index in [2.05, 4.69) is 10.3 Å². The number of oxime groups is 1. The first-order valence-corrected chi connectivity index (χ1v) is 8.53. The maximum atomic E-state index is 13.0. The Labute approximate surface area is 141 Å². The van der Waals surface area contributed by atoms with Gasteiger partial charge in [0.25, 0.3) is 0 Å². The lowest BCUT2D eigenvalue weighted by atomic mass is 9.93. The highest BCUT2D eigenvalue weighted by Gasteiger charge is 2.37. The minimum absolute atomic E-state index is 0.0606. The summed E-state index contributed by atoms with van der Waals surface area (Å²) in [5.74, 6) is 0.260. The van der Waals surface area contributed by atoms with Crippen LogP contribution in [0.5, 0.6) is 0 Å². The fraction of sp³-hybridized carbons (Fsp3) is 0.375. The lowest BCUT2D eigenvalue weighted by molar-refractivity contribution is -0.141. The van der Waals surface area contributed by atoms with Crippen molar-refractivity contribution >= 4 is 17.5 Å². The summed E-state index contributed by atoms with van der Waals surface area (Å²) in [5, 5.41) is 16.3. The molecule has 1 aromatic carbocycles. The van der Waals surface area contributed by atoms with Crippen LogP contribution in [-0.2, 0) is 6.18 Å². The van der Waals surface area contributed by atoms with E-state index in [9.17, 15) is 18.4 Å². The Kier molecular flexibility index (Phi) is 4.84. The molecule has 128 valence electrons. The lowest BCUT2D eigenvalue weighted by Gasteiger charge is -2.27. The Morgan fingerprint density at radius 3 is 2.54 bits per heavy atom. The van der Waals surface area contributed by atoms with Crippen molar-refractivity contribution in [2.75, 3.05) is 5.75 Å². The van der Waals surface area contributed by atoms with Crippen LogP contribution in [-0.4, -0.2) is 26.5 Å². The van der Waals surface area contributed by atoms with Gasteiger partial charge in [-0.05, 0) is 37.5 Å². The Morgan fingerprint density at radius 2 is 2.00 bits per heavy atom. The van der Waals surface area contributed by atoms with Crippen molar-refractivity contribution in [2.24, 2.45) is 5.16 Å². The largest absolute Gasteiger partial charge is 0.435 e. The van der Waals surface area contributed by atoms with Gasteiger partial charge in [0.05, 0.1) is 11.7 Å². The van der Waals surface area contributed by atoms with Crippen LogP contribution in [0.15, 0.2) is 46.4 Å². The second-order valence-corrected chi connectivity index (χ2v) is 6.64. The SMILES string of the molecule is O/N=C(/CSc1ccccc1)c1cc(C(F)(F)F)nn1C1CCC1. The van der Waals surface area contributed by atoms with Crippen molar-refractivity contribution in [3.63, 3.8) is 0 Å². The number of rotatable bonds is 5. The number of aromatic nitrogens is 2. The van der Waals surface area contributed by atoms with Crippen LogP contribution in [0.3, 0.4) is 0 Å². The van der Waals surface area contributed by atoms with Crippen LogP contribution >= 0.6 is 11.8 Å². The molecule has 0 radical (unpaired) electrons. The van der Waals surface area contributed by atoms with E-state index in [4.69, 9.17) is 0 Å². The number of alkyl halides is 3. The van der Waals surface area contributed by atoms with Crippen LogP contribution in [0.2, 0.25) is 0 Å². The molecule has 0 atom stereocenters. The summed E-state index contributed by atoms with van der Waals surface area (Å²) >= 11 is 1.40. The van der Waals surface area contributed by atoms with Gasteiger partial charge in [0.1, 0.15) is 5.71 Å². The number of thioether (sulfide) groups is 1. The molecular formula is C16H16F3N3OS. The van der Waals surface area contributed by atoms with E-state index >= 15 is 0 Å². The molecule has 1 fully saturated rings. The second-order valence-electron chi connectivity index (χ2n) is 5.59. The molecule has 1 heterocycles. The number of hydrogen-bond donors (Lipinski definition) is 1.